The van der Waals surface area contributed by atoms with Crippen molar-refractivity contribution in [2.75, 3.05) is 5.32 Å². The van der Waals surface area contributed by atoms with E-state index >= 15 is 0 Å². The normalized spacial score (nSPS) is 10.6. The van der Waals surface area contributed by atoms with Gasteiger partial charge in [0.2, 0.25) is 0 Å². The van der Waals surface area contributed by atoms with E-state index in [1.807, 2.05) is 30.6 Å². The second kappa shape index (κ2) is 5.00. The smallest absolute Gasteiger partial charge is 0.0603 e. The minimum absolute atomic E-state index is 0.500. The lowest BCUT2D eigenvalue weighted by atomic mass is 9.99. The molecule has 0 saturated carbocycles. The fraction of sp³-hybridized carbons (Fsp3) is 0.267. The Morgan fingerprint density at radius 3 is 2.41 bits per heavy atom. The summed E-state index contributed by atoms with van der Waals surface area (Å²) < 4.78 is 0. The summed E-state index contributed by atoms with van der Waals surface area (Å²) in [5.74, 6) is 0.500. The molecule has 2 aromatic rings. The van der Waals surface area contributed by atoms with E-state index in [4.69, 9.17) is 0 Å². The van der Waals surface area contributed by atoms with E-state index in [1.54, 1.807) is 0 Å². The maximum absolute atomic E-state index is 4.30. The highest BCUT2D eigenvalue weighted by atomic mass is 14.9. The summed E-state index contributed by atoms with van der Waals surface area (Å²) in [5, 5.41) is 3.40. The van der Waals surface area contributed by atoms with Gasteiger partial charge in [0.15, 0.2) is 0 Å². The van der Waals surface area contributed by atoms with Gasteiger partial charge in [-0.2, -0.15) is 0 Å². The summed E-state index contributed by atoms with van der Waals surface area (Å²) in [6.07, 6.45) is 3.84. The molecule has 2 heteroatoms. The maximum atomic E-state index is 4.30. The van der Waals surface area contributed by atoms with Crippen LogP contribution in [-0.4, -0.2) is 4.98 Å². The lowest BCUT2D eigenvalue weighted by molar-refractivity contribution is 0.848. The zero-order valence-corrected chi connectivity index (χ0v) is 10.6. The van der Waals surface area contributed by atoms with Crippen molar-refractivity contribution < 1.29 is 0 Å². The van der Waals surface area contributed by atoms with Gasteiger partial charge in [-0.15, -0.1) is 0 Å². The average molecular weight is 226 g/mol. The molecule has 0 saturated heterocycles. The quantitative estimate of drug-likeness (QED) is 0.846. The van der Waals surface area contributed by atoms with Gasteiger partial charge < -0.3 is 5.32 Å². The van der Waals surface area contributed by atoms with Gasteiger partial charge in [0.05, 0.1) is 11.9 Å². The molecule has 0 atom stereocenters. The molecule has 1 N–H and O–H groups in total. The van der Waals surface area contributed by atoms with Crippen LogP contribution in [0.4, 0.5) is 11.4 Å². The van der Waals surface area contributed by atoms with E-state index in [-0.39, 0.29) is 0 Å². The highest BCUT2D eigenvalue weighted by molar-refractivity contribution is 5.63. The number of nitrogens with one attached hydrogen (secondary N) is 1. The number of anilines is 2. The SMILES string of the molecule is Cc1c(Nc2ccccc2)cncc1C(C)C. The summed E-state index contributed by atoms with van der Waals surface area (Å²) in [4.78, 5) is 4.30. The van der Waals surface area contributed by atoms with Crippen molar-refractivity contribution in [1.82, 2.24) is 4.98 Å². The van der Waals surface area contributed by atoms with E-state index in [1.165, 1.54) is 11.1 Å². The molecule has 0 aliphatic rings. The van der Waals surface area contributed by atoms with Gasteiger partial charge in [0.25, 0.3) is 0 Å². The molecule has 0 fully saturated rings. The highest BCUT2D eigenvalue weighted by Crippen LogP contribution is 2.26. The zero-order valence-electron chi connectivity index (χ0n) is 10.6. The topological polar surface area (TPSA) is 24.9 Å². The van der Waals surface area contributed by atoms with Crippen molar-refractivity contribution >= 4 is 11.4 Å². The van der Waals surface area contributed by atoms with Crippen LogP contribution in [0.5, 0.6) is 0 Å². The van der Waals surface area contributed by atoms with Crippen molar-refractivity contribution in [1.29, 1.82) is 0 Å². The van der Waals surface area contributed by atoms with Gasteiger partial charge >= 0.3 is 0 Å². The number of benzene rings is 1. The van der Waals surface area contributed by atoms with Crippen LogP contribution in [0.3, 0.4) is 0 Å². The van der Waals surface area contributed by atoms with Gasteiger partial charge in [0, 0.05) is 11.9 Å². The minimum Gasteiger partial charge on any atom is -0.354 e. The molecule has 0 aliphatic carbocycles. The highest BCUT2D eigenvalue weighted by Gasteiger charge is 2.07. The van der Waals surface area contributed by atoms with Gasteiger partial charge in [0.1, 0.15) is 0 Å². The monoisotopic (exact) mass is 226 g/mol. The molecular weight excluding hydrogens is 208 g/mol. The Morgan fingerprint density at radius 2 is 1.76 bits per heavy atom. The second-order valence-corrected chi connectivity index (χ2v) is 4.55. The molecule has 0 aliphatic heterocycles. The van der Waals surface area contributed by atoms with Crippen molar-refractivity contribution in [3.05, 3.63) is 53.9 Å². The molecule has 0 radical (unpaired) electrons. The zero-order chi connectivity index (χ0) is 12.3. The van der Waals surface area contributed by atoms with Crippen molar-refractivity contribution in [2.45, 2.75) is 26.7 Å². The summed E-state index contributed by atoms with van der Waals surface area (Å²) in [7, 11) is 0. The van der Waals surface area contributed by atoms with Crippen molar-refractivity contribution in [3.63, 3.8) is 0 Å². The fourth-order valence-corrected chi connectivity index (χ4v) is 1.93. The first kappa shape index (κ1) is 11.6. The van der Waals surface area contributed by atoms with E-state index in [9.17, 15) is 0 Å². The number of hydrogen-bond acceptors (Lipinski definition) is 2. The van der Waals surface area contributed by atoms with Crippen molar-refractivity contribution in [2.24, 2.45) is 0 Å². The molecule has 0 bridgehead atoms. The predicted molar refractivity (Wildman–Crippen MR) is 72.8 cm³/mol. The third-order valence-corrected chi connectivity index (χ3v) is 2.93. The van der Waals surface area contributed by atoms with Crippen LogP contribution in [0.15, 0.2) is 42.7 Å². The lowest BCUT2D eigenvalue weighted by Crippen LogP contribution is -1.99. The number of rotatable bonds is 3. The number of aromatic nitrogens is 1. The summed E-state index contributed by atoms with van der Waals surface area (Å²) in [6, 6.07) is 10.2. The molecule has 88 valence electrons. The Kier molecular flexibility index (Phi) is 3.43. The summed E-state index contributed by atoms with van der Waals surface area (Å²) in [6.45, 7) is 6.52. The number of pyridine rings is 1. The Labute approximate surface area is 103 Å². The van der Waals surface area contributed by atoms with E-state index < -0.39 is 0 Å². The molecule has 1 aromatic heterocycles. The fourth-order valence-electron chi connectivity index (χ4n) is 1.93. The van der Waals surface area contributed by atoms with E-state index in [0.717, 1.165) is 11.4 Å². The molecule has 0 unspecified atom stereocenters. The van der Waals surface area contributed by atoms with Gasteiger partial charge in [-0.05, 0) is 36.1 Å². The first-order valence-electron chi connectivity index (χ1n) is 5.95. The third kappa shape index (κ3) is 2.64. The molecule has 0 spiro atoms. The Hall–Kier alpha value is -1.83. The van der Waals surface area contributed by atoms with Crippen molar-refractivity contribution in [3.8, 4) is 0 Å². The molecule has 0 amide bonds. The standard InChI is InChI=1S/C15H18N2/c1-11(2)14-9-16-10-15(12(14)3)17-13-7-5-4-6-8-13/h4-11,17H,1-3H3. The number of hydrogen-bond donors (Lipinski definition) is 1. The molecule has 17 heavy (non-hydrogen) atoms. The Bertz CT molecular complexity index is 490. The molecule has 1 heterocycles. The largest absolute Gasteiger partial charge is 0.354 e. The van der Waals surface area contributed by atoms with Crippen LogP contribution >= 0.6 is 0 Å². The van der Waals surface area contributed by atoms with Gasteiger partial charge in [-0.3, -0.25) is 4.98 Å². The summed E-state index contributed by atoms with van der Waals surface area (Å²) in [5.41, 5.74) is 4.76. The molecular formula is C15H18N2. The average Bonchev–Trinajstić information content (AvgIpc) is 2.33. The van der Waals surface area contributed by atoms with Crippen LogP contribution in [0.1, 0.15) is 30.9 Å². The van der Waals surface area contributed by atoms with Gasteiger partial charge in [-0.1, -0.05) is 32.0 Å². The first-order chi connectivity index (χ1) is 8.18. The van der Waals surface area contributed by atoms with E-state index in [0.29, 0.717) is 5.92 Å². The Morgan fingerprint density at radius 1 is 1.06 bits per heavy atom. The Balaban J connectivity index is 2.31. The maximum Gasteiger partial charge on any atom is 0.0603 e. The second-order valence-electron chi connectivity index (χ2n) is 4.55. The van der Waals surface area contributed by atoms with Crippen LogP contribution in [-0.2, 0) is 0 Å². The van der Waals surface area contributed by atoms with Crippen LogP contribution in [0, 0.1) is 6.92 Å². The molecule has 2 nitrogen and oxygen atoms in total. The summed E-state index contributed by atoms with van der Waals surface area (Å²) >= 11 is 0. The number of nitrogens with zero attached hydrogens (tertiary/aromatic N) is 1. The molecule has 1 aromatic carbocycles. The first-order valence-corrected chi connectivity index (χ1v) is 5.95. The van der Waals surface area contributed by atoms with Gasteiger partial charge in [-0.25, -0.2) is 0 Å². The predicted octanol–water partition coefficient (Wildman–Crippen LogP) is 4.26. The third-order valence-electron chi connectivity index (χ3n) is 2.93. The lowest BCUT2D eigenvalue weighted by Gasteiger charge is -2.14. The molecule has 2 rings (SSSR count). The number of para-hydroxylation sites is 1. The van der Waals surface area contributed by atoms with Crippen LogP contribution in [0.2, 0.25) is 0 Å². The van der Waals surface area contributed by atoms with Crippen LogP contribution < -0.4 is 5.32 Å². The van der Waals surface area contributed by atoms with Crippen LogP contribution in [0.25, 0.3) is 0 Å². The minimum atomic E-state index is 0.500. The van der Waals surface area contributed by atoms with E-state index in [2.05, 4.69) is 43.2 Å².